The van der Waals surface area contributed by atoms with Crippen molar-refractivity contribution in [3.8, 4) is 0 Å². The molecular formula is C22H27NO2. The van der Waals surface area contributed by atoms with Crippen LogP contribution in [0, 0.1) is 12.8 Å². The highest BCUT2D eigenvalue weighted by atomic mass is 16.3. The Balaban J connectivity index is 1.57. The van der Waals surface area contributed by atoms with E-state index in [4.69, 9.17) is 0 Å². The molecule has 0 aromatic heterocycles. The molecule has 3 rings (SSSR count). The number of rotatable bonds is 7. The lowest BCUT2D eigenvalue weighted by Crippen LogP contribution is -2.48. The third-order valence-corrected chi connectivity index (χ3v) is 5.25. The Bertz CT molecular complexity index is 692. The van der Waals surface area contributed by atoms with Gasteiger partial charge in [-0.2, -0.15) is 0 Å². The van der Waals surface area contributed by atoms with Crippen LogP contribution in [0.2, 0.25) is 0 Å². The maximum Gasteiger partial charge on any atom is 0.220 e. The molecule has 132 valence electrons. The van der Waals surface area contributed by atoms with Crippen LogP contribution >= 0.6 is 0 Å². The van der Waals surface area contributed by atoms with Crippen molar-refractivity contribution in [2.75, 3.05) is 0 Å². The predicted molar refractivity (Wildman–Crippen MR) is 100 cm³/mol. The first kappa shape index (κ1) is 17.7. The van der Waals surface area contributed by atoms with Crippen molar-refractivity contribution in [2.24, 2.45) is 5.92 Å². The third-order valence-electron chi connectivity index (χ3n) is 5.25. The zero-order valence-electron chi connectivity index (χ0n) is 14.8. The van der Waals surface area contributed by atoms with Gasteiger partial charge in [0.15, 0.2) is 0 Å². The molecule has 2 aromatic carbocycles. The van der Waals surface area contributed by atoms with Crippen LogP contribution in [-0.4, -0.2) is 23.2 Å². The van der Waals surface area contributed by atoms with E-state index in [-0.39, 0.29) is 18.1 Å². The third kappa shape index (κ3) is 4.93. The van der Waals surface area contributed by atoms with Gasteiger partial charge in [0.1, 0.15) is 0 Å². The van der Waals surface area contributed by atoms with Crippen LogP contribution in [0.15, 0.2) is 54.6 Å². The molecule has 2 N–H and O–H groups in total. The van der Waals surface area contributed by atoms with E-state index in [1.807, 2.05) is 30.3 Å². The van der Waals surface area contributed by atoms with E-state index in [1.165, 1.54) is 16.7 Å². The van der Waals surface area contributed by atoms with Crippen molar-refractivity contribution in [2.45, 2.75) is 51.2 Å². The molecule has 1 aliphatic carbocycles. The van der Waals surface area contributed by atoms with Gasteiger partial charge in [0.05, 0.1) is 6.10 Å². The molecule has 0 saturated heterocycles. The molecule has 1 fully saturated rings. The first-order valence-electron chi connectivity index (χ1n) is 9.17. The monoisotopic (exact) mass is 337 g/mol. The van der Waals surface area contributed by atoms with E-state index in [9.17, 15) is 9.90 Å². The highest BCUT2D eigenvalue weighted by Gasteiger charge is 2.34. The van der Waals surface area contributed by atoms with E-state index < -0.39 is 0 Å². The number of carbonyl (C=O) groups is 1. The average Bonchev–Trinajstić information content (AvgIpc) is 2.59. The average molecular weight is 337 g/mol. The van der Waals surface area contributed by atoms with E-state index in [2.05, 4.69) is 36.5 Å². The Kier molecular flexibility index (Phi) is 5.87. The molecule has 3 nitrogen and oxygen atoms in total. The number of hydrogen-bond acceptors (Lipinski definition) is 2. The van der Waals surface area contributed by atoms with Crippen LogP contribution in [0.1, 0.15) is 36.0 Å². The van der Waals surface area contributed by atoms with Gasteiger partial charge in [0.25, 0.3) is 0 Å². The van der Waals surface area contributed by atoms with Crippen LogP contribution in [0.25, 0.3) is 0 Å². The maximum absolute atomic E-state index is 12.5. The van der Waals surface area contributed by atoms with Gasteiger partial charge in [-0.05, 0) is 55.2 Å². The number of carbonyl (C=O) groups excluding carboxylic acids is 1. The largest absolute Gasteiger partial charge is 0.393 e. The van der Waals surface area contributed by atoms with Crippen molar-refractivity contribution in [3.05, 3.63) is 71.3 Å². The second-order valence-corrected chi connectivity index (χ2v) is 7.18. The minimum absolute atomic E-state index is 0.102. The molecule has 2 aromatic rings. The van der Waals surface area contributed by atoms with E-state index in [0.717, 1.165) is 25.7 Å². The summed E-state index contributed by atoms with van der Waals surface area (Å²) in [6.07, 6.45) is 3.47. The number of aliphatic hydroxyl groups excluding tert-OH is 1. The van der Waals surface area contributed by atoms with Crippen LogP contribution in [-0.2, 0) is 17.6 Å². The summed E-state index contributed by atoms with van der Waals surface area (Å²) in [4.78, 5) is 12.5. The smallest absolute Gasteiger partial charge is 0.220 e. The normalized spacial score (nSPS) is 20.6. The Labute approximate surface area is 150 Å². The molecule has 1 atom stereocenters. The van der Waals surface area contributed by atoms with Gasteiger partial charge in [-0.3, -0.25) is 4.79 Å². The molecule has 1 aliphatic rings. The van der Waals surface area contributed by atoms with Gasteiger partial charge in [0, 0.05) is 12.5 Å². The topological polar surface area (TPSA) is 49.3 Å². The second-order valence-electron chi connectivity index (χ2n) is 7.18. The summed E-state index contributed by atoms with van der Waals surface area (Å²) in [6.45, 7) is 2.08. The molecule has 25 heavy (non-hydrogen) atoms. The summed E-state index contributed by atoms with van der Waals surface area (Å²) in [5, 5.41) is 12.9. The Morgan fingerprint density at radius 3 is 2.48 bits per heavy atom. The van der Waals surface area contributed by atoms with Crippen LogP contribution in [0.3, 0.4) is 0 Å². The summed E-state index contributed by atoms with van der Waals surface area (Å²) in [7, 11) is 0. The maximum atomic E-state index is 12.5. The number of aryl methyl sites for hydroxylation is 2. The number of nitrogens with one attached hydrogen (secondary N) is 1. The fraction of sp³-hybridized carbons (Fsp3) is 0.409. The molecular weight excluding hydrogens is 310 g/mol. The van der Waals surface area contributed by atoms with Gasteiger partial charge >= 0.3 is 0 Å². The standard InChI is InChI=1S/C22H27NO2/c1-16-7-5-6-10-18(16)11-12-22(25)23-21(19-14-20(24)15-19)13-17-8-3-2-4-9-17/h2-10,19-21,24H,11-15H2,1H3,(H,23,25)/t19?,20?,21-/m0/s1. The fourth-order valence-corrected chi connectivity index (χ4v) is 3.58. The zero-order chi connectivity index (χ0) is 17.6. The minimum atomic E-state index is -0.202. The van der Waals surface area contributed by atoms with Crippen LogP contribution < -0.4 is 5.32 Å². The first-order valence-corrected chi connectivity index (χ1v) is 9.17. The zero-order valence-corrected chi connectivity index (χ0v) is 14.8. The second kappa shape index (κ2) is 8.30. The molecule has 0 radical (unpaired) electrons. The number of amides is 1. The summed E-state index contributed by atoms with van der Waals surface area (Å²) in [5.74, 6) is 0.475. The van der Waals surface area contributed by atoms with Gasteiger partial charge in [-0.1, -0.05) is 54.6 Å². The first-order chi connectivity index (χ1) is 12.1. The SMILES string of the molecule is Cc1ccccc1CCC(=O)N[C@@H](Cc1ccccc1)C1CC(O)C1. The lowest BCUT2D eigenvalue weighted by atomic mass is 9.75. The van der Waals surface area contributed by atoms with Gasteiger partial charge in [-0.15, -0.1) is 0 Å². The summed E-state index contributed by atoms with van der Waals surface area (Å²) in [5.41, 5.74) is 3.70. The molecule has 0 bridgehead atoms. The van der Waals surface area contributed by atoms with E-state index >= 15 is 0 Å². The predicted octanol–water partition coefficient (Wildman–Crippen LogP) is 3.43. The van der Waals surface area contributed by atoms with Gasteiger partial charge in [-0.25, -0.2) is 0 Å². The van der Waals surface area contributed by atoms with Crippen molar-refractivity contribution < 1.29 is 9.90 Å². The van der Waals surface area contributed by atoms with Crippen LogP contribution in [0.5, 0.6) is 0 Å². The van der Waals surface area contributed by atoms with E-state index in [1.54, 1.807) is 0 Å². The summed E-state index contributed by atoms with van der Waals surface area (Å²) < 4.78 is 0. The number of benzene rings is 2. The van der Waals surface area contributed by atoms with E-state index in [0.29, 0.717) is 12.3 Å². The van der Waals surface area contributed by atoms with Crippen molar-refractivity contribution in [3.63, 3.8) is 0 Å². The summed E-state index contributed by atoms with van der Waals surface area (Å²) >= 11 is 0. The highest BCUT2D eigenvalue weighted by Crippen LogP contribution is 2.31. The molecule has 0 heterocycles. The quantitative estimate of drug-likeness (QED) is 0.813. The molecule has 1 saturated carbocycles. The number of hydrogen-bond donors (Lipinski definition) is 2. The van der Waals surface area contributed by atoms with Crippen molar-refractivity contribution >= 4 is 5.91 Å². The molecule has 0 unspecified atom stereocenters. The van der Waals surface area contributed by atoms with Gasteiger partial charge in [0.2, 0.25) is 5.91 Å². The number of aliphatic hydroxyl groups is 1. The Morgan fingerprint density at radius 2 is 1.80 bits per heavy atom. The molecule has 1 amide bonds. The van der Waals surface area contributed by atoms with Gasteiger partial charge < -0.3 is 10.4 Å². The molecule has 3 heteroatoms. The molecule has 0 aliphatic heterocycles. The Hall–Kier alpha value is -2.13. The fourth-order valence-electron chi connectivity index (χ4n) is 3.58. The minimum Gasteiger partial charge on any atom is -0.393 e. The highest BCUT2D eigenvalue weighted by molar-refractivity contribution is 5.76. The Morgan fingerprint density at radius 1 is 1.12 bits per heavy atom. The van der Waals surface area contributed by atoms with Crippen molar-refractivity contribution in [1.82, 2.24) is 5.32 Å². The molecule has 0 spiro atoms. The lowest BCUT2D eigenvalue weighted by molar-refractivity contribution is -0.122. The summed E-state index contributed by atoms with van der Waals surface area (Å²) in [6, 6.07) is 18.6. The van der Waals surface area contributed by atoms with Crippen LogP contribution in [0.4, 0.5) is 0 Å². The lowest BCUT2D eigenvalue weighted by Gasteiger charge is -2.38. The van der Waals surface area contributed by atoms with Crippen molar-refractivity contribution in [1.29, 1.82) is 0 Å².